The molecule has 2 aromatic carbocycles. The topological polar surface area (TPSA) is 94.1 Å². The number of nitro benzene ring substituents is 1. The van der Waals surface area contributed by atoms with Gasteiger partial charge in [-0.15, -0.1) is 0 Å². The normalized spacial score (nSPS) is 34.4. The van der Waals surface area contributed by atoms with Gasteiger partial charge >= 0.3 is 0 Å². The van der Waals surface area contributed by atoms with Crippen LogP contribution in [-0.2, 0) is 20.3 Å². The fraction of sp³-hybridized carbons (Fsp3) is 0.571. The number of anilines is 1. The minimum atomic E-state index is -0.325. The highest BCUT2D eigenvalue weighted by Gasteiger charge is 2.69. The van der Waals surface area contributed by atoms with Gasteiger partial charge in [0.2, 0.25) is 0 Å². The number of hydrogen-bond donors (Lipinski definition) is 1. The van der Waals surface area contributed by atoms with Crippen LogP contribution in [0.5, 0.6) is 0 Å². The monoisotopic (exact) mass is 494 g/mol. The number of piperidine rings is 2. The van der Waals surface area contributed by atoms with Gasteiger partial charge in [-0.1, -0.05) is 24.3 Å². The number of non-ortho nitro benzene ring substituents is 1. The SMILES string of the molecule is COCC1(c2cccc(N)c2)[C@@H]2CN(C)C[C@@H]21.COCC1(c2cccc([N+](=O)[O-])c2)[C@@H]2CN(C)C[C@@H]21. The summed E-state index contributed by atoms with van der Waals surface area (Å²) in [5, 5.41) is 10.9. The van der Waals surface area contributed by atoms with Gasteiger partial charge in [0, 0.05) is 69.0 Å². The zero-order valence-electron chi connectivity index (χ0n) is 21.7. The van der Waals surface area contributed by atoms with Crippen LogP contribution in [0.2, 0.25) is 0 Å². The van der Waals surface area contributed by atoms with Crippen LogP contribution in [0.4, 0.5) is 11.4 Å². The molecule has 0 amide bonds. The number of methoxy groups -OCH3 is 2. The molecule has 6 rings (SSSR count). The summed E-state index contributed by atoms with van der Waals surface area (Å²) in [4.78, 5) is 15.3. The first-order valence-electron chi connectivity index (χ1n) is 12.7. The average Bonchev–Trinajstić information content (AvgIpc) is 3.41. The Morgan fingerprint density at radius 2 is 1.31 bits per heavy atom. The largest absolute Gasteiger partial charge is 0.399 e. The van der Waals surface area contributed by atoms with E-state index in [4.69, 9.17) is 15.2 Å². The van der Waals surface area contributed by atoms with Crippen LogP contribution in [0.25, 0.3) is 0 Å². The molecule has 2 unspecified atom stereocenters. The van der Waals surface area contributed by atoms with Crippen LogP contribution in [0.15, 0.2) is 48.5 Å². The number of nitrogens with zero attached hydrogens (tertiary/aromatic N) is 3. The van der Waals surface area contributed by atoms with E-state index in [0.717, 1.165) is 42.8 Å². The van der Waals surface area contributed by atoms with Gasteiger partial charge in [-0.2, -0.15) is 0 Å². The Labute approximate surface area is 213 Å². The minimum Gasteiger partial charge on any atom is -0.399 e. The molecule has 2 aliphatic carbocycles. The molecule has 2 aromatic rings. The third kappa shape index (κ3) is 4.00. The molecule has 0 bridgehead atoms. The highest BCUT2D eigenvalue weighted by atomic mass is 16.6. The Morgan fingerprint density at radius 3 is 1.72 bits per heavy atom. The van der Waals surface area contributed by atoms with E-state index in [1.54, 1.807) is 32.4 Å². The second-order valence-electron chi connectivity index (χ2n) is 11.2. The molecule has 2 aliphatic heterocycles. The highest BCUT2D eigenvalue weighted by Crippen LogP contribution is 2.64. The molecule has 4 fully saturated rings. The fourth-order valence-corrected chi connectivity index (χ4v) is 7.53. The van der Waals surface area contributed by atoms with E-state index in [1.165, 1.54) is 18.7 Å². The molecule has 36 heavy (non-hydrogen) atoms. The fourth-order valence-electron chi connectivity index (χ4n) is 7.53. The van der Waals surface area contributed by atoms with Crippen LogP contribution in [0.1, 0.15) is 11.1 Å². The van der Waals surface area contributed by atoms with Gasteiger partial charge in [0.05, 0.1) is 18.1 Å². The van der Waals surface area contributed by atoms with Crippen molar-refractivity contribution >= 4 is 11.4 Å². The molecule has 2 saturated heterocycles. The Kier molecular flexibility index (Phi) is 6.57. The summed E-state index contributed by atoms with van der Waals surface area (Å²) in [5.74, 6) is 2.63. The van der Waals surface area contributed by atoms with Crippen molar-refractivity contribution in [2.75, 3.05) is 73.4 Å². The first-order chi connectivity index (χ1) is 17.3. The van der Waals surface area contributed by atoms with Gasteiger partial charge < -0.3 is 25.0 Å². The average molecular weight is 495 g/mol. The van der Waals surface area contributed by atoms with Crippen molar-refractivity contribution < 1.29 is 14.4 Å². The first-order valence-corrected chi connectivity index (χ1v) is 12.7. The van der Waals surface area contributed by atoms with E-state index in [0.29, 0.717) is 18.4 Å². The lowest BCUT2D eigenvalue weighted by Gasteiger charge is -2.24. The summed E-state index contributed by atoms with van der Waals surface area (Å²) < 4.78 is 10.9. The summed E-state index contributed by atoms with van der Waals surface area (Å²) in [6, 6.07) is 15.4. The predicted molar refractivity (Wildman–Crippen MR) is 140 cm³/mol. The van der Waals surface area contributed by atoms with Crippen LogP contribution < -0.4 is 5.73 Å². The number of ether oxygens (including phenoxy) is 2. The zero-order chi connectivity index (χ0) is 25.7. The van der Waals surface area contributed by atoms with E-state index in [-0.39, 0.29) is 21.4 Å². The molecule has 0 aromatic heterocycles. The van der Waals surface area contributed by atoms with Crippen molar-refractivity contribution in [3.63, 3.8) is 0 Å². The van der Waals surface area contributed by atoms with Gasteiger partial charge in [0.15, 0.2) is 0 Å². The lowest BCUT2D eigenvalue weighted by atomic mass is 9.90. The third-order valence-electron chi connectivity index (χ3n) is 9.22. The van der Waals surface area contributed by atoms with Crippen molar-refractivity contribution in [1.82, 2.24) is 9.80 Å². The molecule has 8 nitrogen and oxygen atoms in total. The zero-order valence-corrected chi connectivity index (χ0v) is 21.7. The number of nitrogens with two attached hydrogens (primary N) is 1. The smallest absolute Gasteiger partial charge is 0.269 e. The third-order valence-corrected chi connectivity index (χ3v) is 9.22. The minimum absolute atomic E-state index is 0.00667. The molecular formula is C28H38N4O4. The quantitative estimate of drug-likeness (QED) is 0.359. The van der Waals surface area contributed by atoms with Crippen molar-refractivity contribution in [2.45, 2.75) is 10.8 Å². The standard InChI is InChI=1S/C14H18N2O3.C14H20N2O/c1-15-7-12-13(8-15)14(12,9-19-2)10-4-3-5-11(6-10)16(17)18;1-16-7-12-13(8-16)14(12,9-17-2)10-4-3-5-11(15)6-10/h3-6,12-13H,7-9H2,1-2H3;3-6,12-13H,7-9,15H2,1-2H3/t2*12-,13+,14?. The second-order valence-corrected chi connectivity index (χ2v) is 11.2. The van der Waals surface area contributed by atoms with E-state index in [9.17, 15) is 10.1 Å². The number of likely N-dealkylation sites (tertiary alicyclic amines) is 2. The molecule has 4 aliphatic rings. The maximum absolute atomic E-state index is 10.9. The number of nitro groups is 1. The van der Waals surface area contributed by atoms with E-state index >= 15 is 0 Å². The molecule has 194 valence electrons. The highest BCUT2D eigenvalue weighted by molar-refractivity contribution is 5.48. The Balaban J connectivity index is 0.000000149. The molecule has 6 atom stereocenters. The van der Waals surface area contributed by atoms with Gasteiger partial charge in [0.25, 0.3) is 5.69 Å². The molecule has 0 radical (unpaired) electrons. The van der Waals surface area contributed by atoms with Crippen molar-refractivity contribution in [3.8, 4) is 0 Å². The number of fused-ring (bicyclic) bond motifs is 2. The lowest BCUT2D eigenvalue weighted by Crippen LogP contribution is -2.30. The number of nitrogen functional groups attached to an aromatic ring is 1. The number of hydrogen-bond acceptors (Lipinski definition) is 7. The molecule has 2 N–H and O–H groups in total. The molecule has 2 saturated carbocycles. The molecule has 8 heteroatoms. The maximum atomic E-state index is 10.9. The first kappa shape index (κ1) is 25.1. The van der Waals surface area contributed by atoms with Gasteiger partial charge in [0.1, 0.15) is 0 Å². The lowest BCUT2D eigenvalue weighted by molar-refractivity contribution is -0.385. The Bertz CT molecular complexity index is 1100. The van der Waals surface area contributed by atoms with Crippen LogP contribution in [-0.4, -0.2) is 82.4 Å². The number of benzene rings is 2. The van der Waals surface area contributed by atoms with Crippen LogP contribution >= 0.6 is 0 Å². The van der Waals surface area contributed by atoms with Crippen molar-refractivity contribution in [1.29, 1.82) is 0 Å². The van der Waals surface area contributed by atoms with Gasteiger partial charge in [-0.25, -0.2) is 0 Å². The van der Waals surface area contributed by atoms with Crippen LogP contribution in [0, 0.1) is 33.8 Å². The molecular weight excluding hydrogens is 456 g/mol. The van der Waals surface area contributed by atoms with Gasteiger partial charge in [-0.05, 0) is 61.0 Å². The van der Waals surface area contributed by atoms with E-state index in [1.807, 2.05) is 12.1 Å². The molecule has 2 heterocycles. The van der Waals surface area contributed by atoms with Crippen molar-refractivity contribution in [2.24, 2.45) is 23.7 Å². The second kappa shape index (κ2) is 9.41. The Morgan fingerprint density at radius 1 is 0.861 bits per heavy atom. The number of rotatable bonds is 7. The summed E-state index contributed by atoms with van der Waals surface area (Å²) in [6.07, 6.45) is 0. The maximum Gasteiger partial charge on any atom is 0.269 e. The molecule has 0 spiro atoms. The predicted octanol–water partition coefficient (Wildman–Crippen LogP) is 3.01. The summed E-state index contributed by atoms with van der Waals surface area (Å²) in [6.45, 7) is 5.94. The van der Waals surface area contributed by atoms with E-state index < -0.39 is 0 Å². The van der Waals surface area contributed by atoms with Crippen molar-refractivity contribution in [3.05, 3.63) is 69.8 Å². The summed E-state index contributed by atoms with van der Waals surface area (Å²) >= 11 is 0. The summed E-state index contributed by atoms with van der Waals surface area (Å²) in [7, 11) is 7.82. The van der Waals surface area contributed by atoms with E-state index in [2.05, 4.69) is 42.1 Å². The van der Waals surface area contributed by atoms with Gasteiger partial charge in [-0.3, -0.25) is 10.1 Å². The summed E-state index contributed by atoms with van der Waals surface area (Å²) in [5.41, 5.74) is 9.59. The van der Waals surface area contributed by atoms with Crippen LogP contribution in [0.3, 0.4) is 0 Å². The Hall–Kier alpha value is -2.52.